The third-order valence-corrected chi connectivity index (χ3v) is 5.16. The SMILES string of the molecule is O=[N+]([O-])c1ccc(S(=O)(=O)NCc2cccc(Cn3ccnc3)c2)cc1. The fourth-order valence-electron chi connectivity index (χ4n) is 2.44. The Hall–Kier alpha value is -3.04. The molecule has 0 fully saturated rings. The molecule has 0 radical (unpaired) electrons. The van der Waals surface area contributed by atoms with Crippen LogP contribution in [0.1, 0.15) is 11.1 Å². The summed E-state index contributed by atoms with van der Waals surface area (Å²) in [4.78, 5) is 14.1. The molecule has 9 heteroatoms. The van der Waals surface area contributed by atoms with Crippen LogP contribution in [0.5, 0.6) is 0 Å². The molecule has 0 bridgehead atoms. The van der Waals surface area contributed by atoms with Gasteiger partial charge in [-0.2, -0.15) is 0 Å². The van der Waals surface area contributed by atoms with Gasteiger partial charge < -0.3 is 4.57 Å². The Morgan fingerprint density at radius 2 is 1.85 bits per heavy atom. The fraction of sp³-hybridized carbons (Fsp3) is 0.118. The Bertz CT molecular complexity index is 1000. The van der Waals surface area contributed by atoms with Crippen molar-refractivity contribution in [2.24, 2.45) is 0 Å². The standard InChI is InChI=1S/C17H16N4O4S/c22-21(23)16-4-6-17(7-5-16)26(24,25)19-11-14-2-1-3-15(10-14)12-20-9-8-18-13-20/h1-10,13,19H,11-12H2. The van der Waals surface area contributed by atoms with Crippen molar-refractivity contribution in [3.63, 3.8) is 0 Å². The summed E-state index contributed by atoms with van der Waals surface area (Å²) >= 11 is 0. The molecule has 0 unspecified atom stereocenters. The predicted molar refractivity (Wildman–Crippen MR) is 94.9 cm³/mol. The van der Waals surface area contributed by atoms with E-state index in [0.717, 1.165) is 11.1 Å². The number of nitrogens with one attached hydrogen (secondary N) is 1. The van der Waals surface area contributed by atoms with E-state index in [9.17, 15) is 18.5 Å². The molecule has 3 rings (SSSR count). The van der Waals surface area contributed by atoms with Gasteiger partial charge in [-0.05, 0) is 23.3 Å². The van der Waals surface area contributed by atoms with Crippen molar-refractivity contribution in [1.29, 1.82) is 0 Å². The van der Waals surface area contributed by atoms with E-state index in [0.29, 0.717) is 6.54 Å². The van der Waals surface area contributed by atoms with E-state index < -0.39 is 14.9 Å². The van der Waals surface area contributed by atoms with E-state index in [2.05, 4.69) is 9.71 Å². The van der Waals surface area contributed by atoms with Gasteiger partial charge in [0.15, 0.2) is 0 Å². The van der Waals surface area contributed by atoms with Gasteiger partial charge in [-0.15, -0.1) is 0 Å². The molecule has 1 heterocycles. The Kier molecular flexibility index (Phi) is 5.10. The number of nitro benzene ring substituents is 1. The molecule has 0 atom stereocenters. The summed E-state index contributed by atoms with van der Waals surface area (Å²) in [5, 5.41) is 10.7. The van der Waals surface area contributed by atoms with E-state index in [1.807, 2.05) is 35.0 Å². The largest absolute Gasteiger partial charge is 0.333 e. The molecule has 0 aliphatic heterocycles. The van der Waals surface area contributed by atoms with Gasteiger partial charge in [-0.1, -0.05) is 24.3 Å². The van der Waals surface area contributed by atoms with E-state index in [1.54, 1.807) is 12.5 Å². The van der Waals surface area contributed by atoms with Crippen molar-refractivity contribution in [1.82, 2.24) is 14.3 Å². The lowest BCUT2D eigenvalue weighted by atomic mass is 10.1. The number of rotatable bonds is 7. The van der Waals surface area contributed by atoms with E-state index in [4.69, 9.17) is 0 Å². The third-order valence-electron chi connectivity index (χ3n) is 3.74. The van der Waals surface area contributed by atoms with Gasteiger partial charge >= 0.3 is 0 Å². The highest BCUT2D eigenvalue weighted by atomic mass is 32.2. The lowest BCUT2D eigenvalue weighted by molar-refractivity contribution is -0.384. The molecule has 8 nitrogen and oxygen atoms in total. The summed E-state index contributed by atoms with van der Waals surface area (Å²) in [6.07, 6.45) is 5.26. The van der Waals surface area contributed by atoms with Gasteiger partial charge in [0.05, 0.1) is 16.1 Å². The van der Waals surface area contributed by atoms with Crippen molar-refractivity contribution >= 4 is 15.7 Å². The number of nitro groups is 1. The molecule has 2 aromatic carbocycles. The van der Waals surface area contributed by atoms with E-state index in [1.165, 1.54) is 24.3 Å². The monoisotopic (exact) mass is 372 g/mol. The Morgan fingerprint density at radius 3 is 2.50 bits per heavy atom. The minimum atomic E-state index is -3.75. The zero-order valence-electron chi connectivity index (χ0n) is 13.6. The molecule has 0 aliphatic rings. The van der Waals surface area contributed by atoms with Gasteiger partial charge in [-0.25, -0.2) is 18.1 Å². The van der Waals surface area contributed by atoms with Crippen molar-refractivity contribution < 1.29 is 13.3 Å². The van der Waals surface area contributed by atoms with Crippen molar-refractivity contribution in [3.05, 3.63) is 88.5 Å². The van der Waals surface area contributed by atoms with Crippen LogP contribution < -0.4 is 4.72 Å². The first kappa shape index (κ1) is 17.8. The molecule has 0 saturated carbocycles. The zero-order valence-corrected chi connectivity index (χ0v) is 14.5. The molecular formula is C17H16N4O4S. The first-order valence-electron chi connectivity index (χ1n) is 7.72. The average Bonchev–Trinajstić information content (AvgIpc) is 3.13. The van der Waals surface area contributed by atoms with Crippen LogP contribution in [0.3, 0.4) is 0 Å². The molecule has 134 valence electrons. The van der Waals surface area contributed by atoms with Gasteiger partial charge in [0.25, 0.3) is 5.69 Å². The molecule has 0 saturated heterocycles. The van der Waals surface area contributed by atoms with Gasteiger partial charge in [0.1, 0.15) is 0 Å². The number of non-ortho nitro benzene ring substituents is 1. The highest BCUT2D eigenvalue weighted by Crippen LogP contribution is 2.16. The van der Waals surface area contributed by atoms with Crippen LogP contribution >= 0.6 is 0 Å². The molecule has 0 aliphatic carbocycles. The van der Waals surface area contributed by atoms with Crippen LogP contribution in [-0.4, -0.2) is 22.9 Å². The lowest BCUT2D eigenvalue weighted by Crippen LogP contribution is -2.23. The van der Waals surface area contributed by atoms with Crippen LogP contribution in [0, 0.1) is 10.1 Å². The molecule has 3 aromatic rings. The number of benzene rings is 2. The van der Waals surface area contributed by atoms with Crippen LogP contribution in [0.4, 0.5) is 5.69 Å². The lowest BCUT2D eigenvalue weighted by Gasteiger charge is -2.09. The fourth-order valence-corrected chi connectivity index (χ4v) is 3.46. The van der Waals surface area contributed by atoms with Gasteiger partial charge in [-0.3, -0.25) is 10.1 Å². The molecule has 26 heavy (non-hydrogen) atoms. The summed E-state index contributed by atoms with van der Waals surface area (Å²) in [5.41, 5.74) is 1.68. The Balaban J connectivity index is 1.68. The van der Waals surface area contributed by atoms with Crippen molar-refractivity contribution in [2.75, 3.05) is 0 Å². The topological polar surface area (TPSA) is 107 Å². The highest BCUT2D eigenvalue weighted by Gasteiger charge is 2.15. The number of sulfonamides is 1. The first-order chi connectivity index (χ1) is 12.4. The second kappa shape index (κ2) is 7.46. The molecule has 1 N–H and O–H groups in total. The number of imidazole rings is 1. The van der Waals surface area contributed by atoms with Crippen LogP contribution in [0.15, 0.2) is 72.1 Å². The zero-order chi connectivity index (χ0) is 18.6. The second-order valence-electron chi connectivity index (χ2n) is 5.63. The van der Waals surface area contributed by atoms with Gasteiger partial charge in [0, 0.05) is 37.6 Å². The summed E-state index contributed by atoms with van der Waals surface area (Å²) in [6, 6.07) is 12.3. The van der Waals surface area contributed by atoms with E-state index in [-0.39, 0.29) is 17.1 Å². The minimum Gasteiger partial charge on any atom is -0.333 e. The molecule has 1 aromatic heterocycles. The van der Waals surface area contributed by atoms with E-state index >= 15 is 0 Å². The Morgan fingerprint density at radius 1 is 1.12 bits per heavy atom. The number of hydrogen-bond donors (Lipinski definition) is 1. The molecular weight excluding hydrogens is 356 g/mol. The summed E-state index contributed by atoms with van der Waals surface area (Å²) < 4.78 is 29.1. The minimum absolute atomic E-state index is 0.0160. The van der Waals surface area contributed by atoms with Crippen molar-refractivity contribution in [2.45, 2.75) is 18.0 Å². The van der Waals surface area contributed by atoms with Crippen molar-refractivity contribution in [3.8, 4) is 0 Å². The number of aromatic nitrogens is 2. The van der Waals surface area contributed by atoms with Gasteiger partial charge in [0.2, 0.25) is 10.0 Å². The van der Waals surface area contributed by atoms with Crippen LogP contribution in [0.2, 0.25) is 0 Å². The van der Waals surface area contributed by atoms with Crippen LogP contribution in [-0.2, 0) is 23.1 Å². The third kappa shape index (κ3) is 4.32. The van der Waals surface area contributed by atoms with Crippen LogP contribution in [0.25, 0.3) is 0 Å². The summed E-state index contributed by atoms with van der Waals surface area (Å²) in [6.45, 7) is 0.764. The molecule has 0 amide bonds. The quantitative estimate of drug-likeness (QED) is 0.506. The molecule has 0 spiro atoms. The maximum Gasteiger partial charge on any atom is 0.269 e. The number of nitrogens with zero attached hydrogens (tertiary/aromatic N) is 3. The predicted octanol–water partition coefficient (Wildman–Crippen LogP) is 2.32. The smallest absolute Gasteiger partial charge is 0.269 e. The highest BCUT2D eigenvalue weighted by molar-refractivity contribution is 7.89. The normalized spacial score (nSPS) is 11.4. The second-order valence-corrected chi connectivity index (χ2v) is 7.40. The number of hydrogen-bond acceptors (Lipinski definition) is 5. The summed E-state index contributed by atoms with van der Waals surface area (Å²) in [5.74, 6) is 0. The Labute approximate surface area is 150 Å². The maximum atomic E-state index is 12.3. The maximum absolute atomic E-state index is 12.3. The average molecular weight is 372 g/mol. The first-order valence-corrected chi connectivity index (χ1v) is 9.20. The summed E-state index contributed by atoms with van der Waals surface area (Å²) in [7, 11) is -3.75.